The monoisotopic (exact) mass is 450 g/mol. The predicted octanol–water partition coefficient (Wildman–Crippen LogP) is 0.749. The summed E-state index contributed by atoms with van der Waals surface area (Å²) in [5.41, 5.74) is 1.14. The fourth-order valence-corrected chi connectivity index (χ4v) is 1.75. The van der Waals surface area contributed by atoms with E-state index in [1.165, 1.54) is 0 Å². The lowest BCUT2D eigenvalue weighted by atomic mass is 10.2. The molecule has 0 saturated carbocycles. The number of ether oxygens (including phenoxy) is 2. The van der Waals surface area contributed by atoms with Crippen LogP contribution in [0.5, 0.6) is 0 Å². The van der Waals surface area contributed by atoms with E-state index in [2.05, 4.69) is 20.9 Å². The van der Waals surface area contributed by atoms with Crippen LogP contribution in [-0.2, 0) is 20.9 Å². The van der Waals surface area contributed by atoms with Gasteiger partial charge in [-0.25, -0.2) is 0 Å². The Balaban J connectivity index is 0.00000529. The summed E-state index contributed by atoms with van der Waals surface area (Å²) in [4.78, 5) is 15.6. The van der Waals surface area contributed by atoms with Crippen LogP contribution >= 0.6 is 24.0 Å². The van der Waals surface area contributed by atoms with E-state index in [-0.39, 0.29) is 36.4 Å². The van der Waals surface area contributed by atoms with Gasteiger partial charge < -0.3 is 25.4 Å². The lowest BCUT2D eigenvalue weighted by Crippen LogP contribution is -2.44. The Morgan fingerprint density at radius 2 is 1.79 bits per heavy atom. The molecule has 0 aliphatic rings. The van der Waals surface area contributed by atoms with Crippen molar-refractivity contribution in [3.63, 3.8) is 0 Å². The molecule has 1 amide bonds. The van der Waals surface area contributed by atoms with Gasteiger partial charge in [0.25, 0.3) is 0 Å². The summed E-state index contributed by atoms with van der Waals surface area (Å²) in [7, 11) is 3.25. The van der Waals surface area contributed by atoms with E-state index in [4.69, 9.17) is 9.47 Å². The number of nitrogens with one attached hydrogen (secondary N) is 3. The highest BCUT2D eigenvalue weighted by molar-refractivity contribution is 14.0. The average molecular weight is 450 g/mol. The van der Waals surface area contributed by atoms with Crippen molar-refractivity contribution in [1.82, 2.24) is 16.0 Å². The normalized spacial score (nSPS) is 10.7. The largest absolute Gasteiger partial charge is 0.383 e. The van der Waals surface area contributed by atoms with Gasteiger partial charge in [-0.3, -0.25) is 9.79 Å². The van der Waals surface area contributed by atoms with E-state index in [9.17, 15) is 4.79 Å². The number of halogens is 1. The SMILES string of the molecule is CN=C(NCCOCc1ccccc1)NCC(=O)NCCOC.I. The summed E-state index contributed by atoms with van der Waals surface area (Å²) >= 11 is 0. The van der Waals surface area contributed by atoms with Crippen LogP contribution in [0.15, 0.2) is 35.3 Å². The lowest BCUT2D eigenvalue weighted by Gasteiger charge is -2.12. The summed E-state index contributed by atoms with van der Waals surface area (Å²) in [6, 6.07) is 10.00. The second-order valence-electron chi connectivity index (χ2n) is 4.73. The topological polar surface area (TPSA) is 84.0 Å². The van der Waals surface area contributed by atoms with Gasteiger partial charge in [0.15, 0.2) is 5.96 Å². The molecule has 3 N–H and O–H groups in total. The van der Waals surface area contributed by atoms with Gasteiger partial charge in [0.1, 0.15) is 0 Å². The van der Waals surface area contributed by atoms with E-state index in [0.717, 1.165) is 5.56 Å². The van der Waals surface area contributed by atoms with E-state index in [1.807, 2.05) is 30.3 Å². The Hall–Kier alpha value is -1.39. The minimum atomic E-state index is -0.106. The fraction of sp³-hybridized carbons (Fsp3) is 0.500. The molecule has 0 bridgehead atoms. The number of methoxy groups -OCH3 is 1. The van der Waals surface area contributed by atoms with Crippen LogP contribution < -0.4 is 16.0 Å². The molecule has 0 heterocycles. The van der Waals surface area contributed by atoms with Gasteiger partial charge in [0.05, 0.1) is 26.4 Å². The average Bonchev–Trinajstić information content (AvgIpc) is 2.58. The minimum Gasteiger partial charge on any atom is -0.383 e. The molecule has 0 aromatic heterocycles. The molecule has 0 radical (unpaired) electrons. The number of nitrogens with zero attached hydrogens (tertiary/aromatic N) is 1. The fourth-order valence-electron chi connectivity index (χ4n) is 1.75. The molecule has 0 unspecified atom stereocenters. The Kier molecular flexibility index (Phi) is 14.3. The molecule has 0 aliphatic heterocycles. The number of hydrogen-bond acceptors (Lipinski definition) is 4. The first-order chi connectivity index (χ1) is 11.3. The van der Waals surface area contributed by atoms with Gasteiger partial charge in [-0.05, 0) is 5.56 Å². The maximum atomic E-state index is 11.5. The molecule has 0 saturated heterocycles. The first-order valence-corrected chi connectivity index (χ1v) is 7.58. The summed E-state index contributed by atoms with van der Waals surface area (Å²) in [5, 5.41) is 8.75. The quantitative estimate of drug-likeness (QED) is 0.212. The molecule has 1 aromatic carbocycles. The van der Waals surface area contributed by atoms with Crippen LogP contribution in [0.4, 0.5) is 0 Å². The molecule has 0 aliphatic carbocycles. The zero-order chi connectivity index (χ0) is 16.8. The molecule has 0 spiro atoms. The number of carbonyl (C=O) groups excluding carboxylic acids is 1. The molecule has 24 heavy (non-hydrogen) atoms. The van der Waals surface area contributed by atoms with E-state index >= 15 is 0 Å². The van der Waals surface area contributed by atoms with Crippen LogP contribution in [0, 0.1) is 0 Å². The molecule has 1 aromatic rings. The van der Waals surface area contributed by atoms with Crippen molar-refractivity contribution in [3.05, 3.63) is 35.9 Å². The third-order valence-corrected chi connectivity index (χ3v) is 2.92. The molecule has 0 atom stereocenters. The smallest absolute Gasteiger partial charge is 0.239 e. The maximum Gasteiger partial charge on any atom is 0.239 e. The number of aliphatic imine (C=N–C) groups is 1. The van der Waals surface area contributed by atoms with Crippen LogP contribution in [0.25, 0.3) is 0 Å². The number of benzene rings is 1. The second kappa shape index (κ2) is 15.2. The maximum absolute atomic E-state index is 11.5. The van der Waals surface area contributed by atoms with Crippen LogP contribution in [-0.4, -0.2) is 58.9 Å². The van der Waals surface area contributed by atoms with Gasteiger partial charge in [-0.2, -0.15) is 0 Å². The minimum absolute atomic E-state index is 0. The predicted molar refractivity (Wildman–Crippen MR) is 106 cm³/mol. The number of guanidine groups is 1. The third kappa shape index (κ3) is 11.2. The number of amides is 1. The highest BCUT2D eigenvalue weighted by atomic mass is 127. The lowest BCUT2D eigenvalue weighted by molar-refractivity contribution is -0.120. The van der Waals surface area contributed by atoms with E-state index in [1.54, 1.807) is 14.2 Å². The van der Waals surface area contributed by atoms with Crippen molar-refractivity contribution in [2.45, 2.75) is 6.61 Å². The van der Waals surface area contributed by atoms with Gasteiger partial charge >= 0.3 is 0 Å². The van der Waals surface area contributed by atoms with Crippen molar-refractivity contribution in [2.24, 2.45) is 4.99 Å². The first-order valence-electron chi connectivity index (χ1n) is 7.58. The molecule has 0 fully saturated rings. The Bertz CT molecular complexity index is 472. The van der Waals surface area contributed by atoms with E-state index in [0.29, 0.717) is 38.9 Å². The highest BCUT2D eigenvalue weighted by Gasteiger charge is 2.02. The van der Waals surface area contributed by atoms with Crippen molar-refractivity contribution >= 4 is 35.8 Å². The molecule has 136 valence electrons. The Labute approximate surface area is 160 Å². The van der Waals surface area contributed by atoms with Crippen molar-refractivity contribution in [1.29, 1.82) is 0 Å². The van der Waals surface area contributed by atoms with Crippen LogP contribution in [0.1, 0.15) is 5.56 Å². The zero-order valence-corrected chi connectivity index (χ0v) is 16.5. The number of carbonyl (C=O) groups is 1. The van der Waals surface area contributed by atoms with Gasteiger partial charge in [-0.1, -0.05) is 30.3 Å². The Morgan fingerprint density at radius 1 is 1.08 bits per heavy atom. The molecule has 7 nitrogen and oxygen atoms in total. The van der Waals surface area contributed by atoms with Crippen molar-refractivity contribution < 1.29 is 14.3 Å². The molecular formula is C16H27IN4O3. The van der Waals surface area contributed by atoms with Crippen molar-refractivity contribution in [3.8, 4) is 0 Å². The van der Waals surface area contributed by atoms with Crippen LogP contribution in [0.2, 0.25) is 0 Å². The summed E-state index contributed by atoms with van der Waals surface area (Å²) in [6.45, 7) is 2.89. The summed E-state index contributed by atoms with van der Waals surface area (Å²) < 4.78 is 10.4. The van der Waals surface area contributed by atoms with Crippen molar-refractivity contribution in [2.75, 3.05) is 47.0 Å². The first kappa shape index (κ1) is 22.6. The Morgan fingerprint density at radius 3 is 2.46 bits per heavy atom. The third-order valence-electron chi connectivity index (χ3n) is 2.92. The molecule has 1 rings (SSSR count). The number of hydrogen-bond donors (Lipinski definition) is 3. The summed E-state index contributed by atoms with van der Waals surface area (Å²) in [6.07, 6.45) is 0. The van der Waals surface area contributed by atoms with Crippen LogP contribution in [0.3, 0.4) is 0 Å². The molecule has 8 heteroatoms. The van der Waals surface area contributed by atoms with Gasteiger partial charge in [0, 0.05) is 27.2 Å². The zero-order valence-electron chi connectivity index (χ0n) is 14.2. The molecular weight excluding hydrogens is 423 g/mol. The van der Waals surface area contributed by atoms with Gasteiger partial charge in [0.2, 0.25) is 5.91 Å². The standard InChI is InChI=1S/C16H26N4O3.HI/c1-17-16(20-12-15(21)18-8-10-22-2)19-9-11-23-13-14-6-4-3-5-7-14;/h3-7H,8-13H2,1-2H3,(H,18,21)(H2,17,19,20);1H. The van der Waals surface area contributed by atoms with Gasteiger partial charge in [-0.15, -0.1) is 24.0 Å². The second-order valence-corrected chi connectivity index (χ2v) is 4.73. The van der Waals surface area contributed by atoms with E-state index < -0.39 is 0 Å². The number of rotatable bonds is 10. The highest BCUT2D eigenvalue weighted by Crippen LogP contribution is 1.99. The summed E-state index contributed by atoms with van der Waals surface area (Å²) in [5.74, 6) is 0.459.